The molecule has 0 unspecified atom stereocenters. The monoisotopic (exact) mass is 286 g/mol. The molecule has 2 heterocycles. The van der Waals surface area contributed by atoms with Gasteiger partial charge >= 0.3 is 0 Å². The quantitative estimate of drug-likeness (QED) is 0.668. The lowest BCUT2D eigenvalue weighted by Gasteiger charge is -2.38. The minimum Gasteiger partial charge on any atom is -0.373 e. The van der Waals surface area contributed by atoms with Gasteiger partial charge in [-0.25, -0.2) is 10.8 Å². The summed E-state index contributed by atoms with van der Waals surface area (Å²) in [7, 11) is 0. The minimum absolute atomic E-state index is 0.0984. The molecule has 1 aromatic carbocycles. The normalized spacial score (nSPS) is 18.8. The molecule has 112 valence electrons. The molecule has 1 aliphatic heterocycles. The van der Waals surface area contributed by atoms with E-state index in [0.29, 0.717) is 0 Å². The Morgan fingerprint density at radius 1 is 1.38 bits per heavy atom. The zero-order chi connectivity index (χ0) is 14.9. The first kappa shape index (κ1) is 14.3. The lowest BCUT2D eigenvalue weighted by Crippen LogP contribution is -2.47. The molecule has 5 heteroatoms. The second-order valence-electron chi connectivity index (χ2n) is 6.15. The predicted octanol–water partition coefficient (Wildman–Crippen LogP) is 2.13. The molecule has 0 amide bonds. The Kier molecular flexibility index (Phi) is 3.80. The zero-order valence-electron chi connectivity index (χ0n) is 12.6. The first-order chi connectivity index (χ1) is 10.1. The molecule has 21 heavy (non-hydrogen) atoms. The van der Waals surface area contributed by atoms with Crippen LogP contribution in [0.15, 0.2) is 30.3 Å². The number of nitrogens with two attached hydrogens (primary N) is 1. The standard InChI is InChI=1S/C16H22N4O/c1-16(2)11-20(7-8-21-16)10-13-9-12-5-3-4-6-14(12)18-15(13)19-17/h3-6,9H,7-8,10-11,17H2,1-2H3,(H,18,19). The third-order valence-electron chi connectivity index (χ3n) is 3.84. The van der Waals surface area contributed by atoms with E-state index in [4.69, 9.17) is 10.6 Å². The number of anilines is 1. The summed E-state index contributed by atoms with van der Waals surface area (Å²) in [6.45, 7) is 7.67. The number of hydrazine groups is 1. The highest BCUT2D eigenvalue weighted by Gasteiger charge is 2.27. The summed E-state index contributed by atoms with van der Waals surface area (Å²) < 4.78 is 5.76. The summed E-state index contributed by atoms with van der Waals surface area (Å²) in [6, 6.07) is 10.3. The summed E-state index contributed by atoms with van der Waals surface area (Å²) in [4.78, 5) is 6.99. The number of hydrogen-bond donors (Lipinski definition) is 2. The Bertz CT molecular complexity index is 641. The second kappa shape index (κ2) is 5.60. The number of ether oxygens (including phenoxy) is 1. The van der Waals surface area contributed by atoms with Crippen LogP contribution in [-0.2, 0) is 11.3 Å². The van der Waals surface area contributed by atoms with Crippen LogP contribution in [0.5, 0.6) is 0 Å². The summed E-state index contributed by atoms with van der Waals surface area (Å²) in [5, 5.41) is 1.14. The van der Waals surface area contributed by atoms with Crippen molar-refractivity contribution < 1.29 is 4.74 Å². The lowest BCUT2D eigenvalue weighted by atomic mass is 10.1. The van der Waals surface area contributed by atoms with Gasteiger partial charge in [-0.15, -0.1) is 0 Å². The van der Waals surface area contributed by atoms with Crippen molar-refractivity contribution in [3.8, 4) is 0 Å². The Morgan fingerprint density at radius 2 is 2.19 bits per heavy atom. The van der Waals surface area contributed by atoms with E-state index in [1.165, 1.54) is 0 Å². The van der Waals surface area contributed by atoms with Gasteiger partial charge in [-0.2, -0.15) is 0 Å². The molecule has 3 N–H and O–H groups in total. The molecule has 1 aliphatic rings. The van der Waals surface area contributed by atoms with E-state index in [2.05, 4.69) is 41.3 Å². The van der Waals surface area contributed by atoms with Gasteiger partial charge in [-0.3, -0.25) is 4.90 Å². The van der Waals surface area contributed by atoms with Crippen LogP contribution in [0.25, 0.3) is 10.9 Å². The van der Waals surface area contributed by atoms with Crippen molar-refractivity contribution in [1.29, 1.82) is 0 Å². The third-order valence-corrected chi connectivity index (χ3v) is 3.84. The SMILES string of the molecule is CC1(C)CN(Cc2cc3ccccc3nc2NN)CCO1. The van der Waals surface area contributed by atoms with Gasteiger partial charge in [0.05, 0.1) is 17.7 Å². The summed E-state index contributed by atoms with van der Waals surface area (Å²) >= 11 is 0. The molecule has 0 aliphatic carbocycles. The molecular formula is C16H22N4O. The van der Waals surface area contributed by atoms with Crippen LogP contribution in [0.3, 0.4) is 0 Å². The molecule has 1 saturated heterocycles. The van der Waals surface area contributed by atoms with Crippen molar-refractivity contribution in [1.82, 2.24) is 9.88 Å². The van der Waals surface area contributed by atoms with Gasteiger partial charge in [0.1, 0.15) is 5.82 Å². The Labute approximate surface area is 125 Å². The maximum absolute atomic E-state index is 5.76. The summed E-state index contributed by atoms with van der Waals surface area (Å²) in [5.74, 6) is 6.39. The number of nitrogens with one attached hydrogen (secondary N) is 1. The number of hydrogen-bond acceptors (Lipinski definition) is 5. The van der Waals surface area contributed by atoms with Crippen LogP contribution < -0.4 is 11.3 Å². The number of morpholine rings is 1. The first-order valence-corrected chi connectivity index (χ1v) is 7.29. The van der Waals surface area contributed by atoms with Gasteiger partial charge in [-0.1, -0.05) is 18.2 Å². The minimum atomic E-state index is -0.0984. The van der Waals surface area contributed by atoms with Crippen LogP contribution in [0, 0.1) is 0 Å². The maximum Gasteiger partial charge on any atom is 0.145 e. The van der Waals surface area contributed by atoms with Gasteiger partial charge in [-0.05, 0) is 26.0 Å². The number of pyridine rings is 1. The van der Waals surface area contributed by atoms with Crippen molar-refractivity contribution >= 4 is 16.7 Å². The first-order valence-electron chi connectivity index (χ1n) is 7.29. The number of benzene rings is 1. The third kappa shape index (κ3) is 3.15. The number of para-hydroxylation sites is 1. The second-order valence-corrected chi connectivity index (χ2v) is 6.15. The molecule has 0 bridgehead atoms. The molecule has 0 radical (unpaired) electrons. The largest absolute Gasteiger partial charge is 0.373 e. The topological polar surface area (TPSA) is 63.4 Å². The fourth-order valence-electron chi connectivity index (χ4n) is 2.90. The van der Waals surface area contributed by atoms with Crippen molar-refractivity contribution in [2.24, 2.45) is 5.84 Å². The Hall–Kier alpha value is -1.69. The van der Waals surface area contributed by atoms with Crippen molar-refractivity contribution in [2.45, 2.75) is 26.0 Å². The van der Waals surface area contributed by atoms with Crippen molar-refractivity contribution in [3.05, 3.63) is 35.9 Å². The zero-order valence-corrected chi connectivity index (χ0v) is 12.6. The molecule has 0 spiro atoms. The van der Waals surface area contributed by atoms with Gasteiger partial charge in [0.15, 0.2) is 0 Å². The molecular weight excluding hydrogens is 264 g/mol. The molecule has 5 nitrogen and oxygen atoms in total. The molecule has 2 aromatic rings. The van der Waals surface area contributed by atoms with Gasteiger partial charge in [0.25, 0.3) is 0 Å². The molecule has 3 rings (SSSR count). The summed E-state index contributed by atoms with van der Waals surface area (Å²) in [6.07, 6.45) is 0. The van der Waals surface area contributed by atoms with Crippen molar-refractivity contribution in [3.63, 3.8) is 0 Å². The smallest absolute Gasteiger partial charge is 0.145 e. The van der Waals surface area contributed by atoms with Crippen LogP contribution in [0.1, 0.15) is 19.4 Å². The molecule has 1 aromatic heterocycles. The number of nitrogen functional groups attached to an aromatic ring is 1. The van der Waals surface area contributed by atoms with Crippen LogP contribution in [0.2, 0.25) is 0 Å². The van der Waals surface area contributed by atoms with E-state index >= 15 is 0 Å². The van der Waals surface area contributed by atoms with E-state index in [1.54, 1.807) is 0 Å². The number of fused-ring (bicyclic) bond motifs is 1. The van der Waals surface area contributed by atoms with Gasteiger partial charge in [0.2, 0.25) is 0 Å². The van der Waals surface area contributed by atoms with E-state index in [1.807, 2.05) is 18.2 Å². The highest BCUT2D eigenvalue weighted by Crippen LogP contribution is 2.24. The maximum atomic E-state index is 5.76. The molecule has 0 saturated carbocycles. The average Bonchev–Trinajstić information content (AvgIpc) is 2.45. The van der Waals surface area contributed by atoms with Crippen molar-refractivity contribution in [2.75, 3.05) is 25.1 Å². The van der Waals surface area contributed by atoms with E-state index in [-0.39, 0.29) is 5.60 Å². The summed E-state index contributed by atoms with van der Waals surface area (Å²) in [5.41, 5.74) is 4.71. The highest BCUT2D eigenvalue weighted by atomic mass is 16.5. The number of aromatic nitrogens is 1. The fraction of sp³-hybridized carbons (Fsp3) is 0.438. The Morgan fingerprint density at radius 3 is 2.95 bits per heavy atom. The molecule has 1 fully saturated rings. The number of rotatable bonds is 3. The Balaban J connectivity index is 1.88. The van der Waals surface area contributed by atoms with Crippen LogP contribution in [0.4, 0.5) is 5.82 Å². The average molecular weight is 286 g/mol. The van der Waals surface area contributed by atoms with Gasteiger partial charge < -0.3 is 10.2 Å². The fourth-order valence-corrected chi connectivity index (χ4v) is 2.90. The van der Waals surface area contributed by atoms with Crippen LogP contribution >= 0.6 is 0 Å². The highest BCUT2D eigenvalue weighted by molar-refractivity contribution is 5.81. The predicted molar refractivity (Wildman–Crippen MR) is 84.9 cm³/mol. The lowest BCUT2D eigenvalue weighted by molar-refractivity contribution is -0.0882. The van der Waals surface area contributed by atoms with E-state index < -0.39 is 0 Å². The van der Waals surface area contributed by atoms with E-state index in [0.717, 1.165) is 48.5 Å². The van der Waals surface area contributed by atoms with E-state index in [9.17, 15) is 0 Å². The van der Waals surface area contributed by atoms with Crippen LogP contribution in [-0.4, -0.2) is 35.2 Å². The molecule has 0 atom stereocenters. The number of nitrogens with zero attached hydrogens (tertiary/aromatic N) is 2. The van der Waals surface area contributed by atoms with Gasteiger partial charge in [0, 0.05) is 30.6 Å².